The molecule has 110 valence electrons. The van der Waals surface area contributed by atoms with E-state index in [1.165, 1.54) is 4.90 Å². The van der Waals surface area contributed by atoms with Crippen molar-refractivity contribution in [1.29, 1.82) is 0 Å². The minimum absolute atomic E-state index is 0.00666. The summed E-state index contributed by atoms with van der Waals surface area (Å²) in [5.74, 6) is -1.03. The molecule has 2 atom stereocenters. The van der Waals surface area contributed by atoms with Crippen LogP contribution in [0.4, 0.5) is 4.79 Å². The lowest BCUT2D eigenvalue weighted by Gasteiger charge is -2.33. The van der Waals surface area contributed by atoms with Crippen LogP contribution < -0.4 is 5.32 Å². The van der Waals surface area contributed by atoms with Crippen LogP contribution in [0.1, 0.15) is 13.3 Å². The molecule has 2 unspecified atom stereocenters. The van der Waals surface area contributed by atoms with Gasteiger partial charge in [0.25, 0.3) is 0 Å². The number of carbonyl (C=O) groups is 2. The number of nitrogens with zero attached hydrogens (tertiary/aromatic N) is 2. The van der Waals surface area contributed by atoms with Gasteiger partial charge in [0.2, 0.25) is 0 Å². The summed E-state index contributed by atoms with van der Waals surface area (Å²) in [6.45, 7) is 3.52. The van der Waals surface area contributed by atoms with Crippen molar-refractivity contribution in [3.8, 4) is 0 Å². The summed E-state index contributed by atoms with van der Waals surface area (Å²) in [7, 11) is 3.94. The maximum absolute atomic E-state index is 12.1. The fourth-order valence-electron chi connectivity index (χ4n) is 1.87. The first-order valence-electron chi connectivity index (χ1n) is 6.44. The molecular weight excluding hydrogens is 250 g/mol. The van der Waals surface area contributed by atoms with Crippen LogP contribution in [0.3, 0.4) is 0 Å². The summed E-state index contributed by atoms with van der Waals surface area (Å²) >= 11 is 0. The normalized spacial score (nSPS) is 21.3. The summed E-state index contributed by atoms with van der Waals surface area (Å²) in [6, 6.07) is -1.22. The number of carboxylic acids is 1. The number of amides is 2. The molecular formula is C12H23N3O4. The van der Waals surface area contributed by atoms with Gasteiger partial charge in [-0.1, -0.05) is 0 Å². The maximum atomic E-state index is 12.1. The highest BCUT2D eigenvalue weighted by Crippen LogP contribution is 2.08. The molecule has 2 amide bonds. The Bertz CT molecular complexity index is 322. The van der Waals surface area contributed by atoms with Crippen LogP contribution in [0, 0.1) is 0 Å². The lowest BCUT2D eigenvalue weighted by molar-refractivity contribution is -0.147. The molecule has 1 saturated heterocycles. The van der Waals surface area contributed by atoms with Crippen molar-refractivity contribution in [3.63, 3.8) is 0 Å². The van der Waals surface area contributed by atoms with Crippen LogP contribution in [-0.4, -0.2) is 79.4 Å². The Labute approximate surface area is 113 Å². The Kier molecular flexibility index (Phi) is 6.04. The Morgan fingerprint density at radius 1 is 1.53 bits per heavy atom. The third-order valence-electron chi connectivity index (χ3n) is 3.05. The molecule has 1 fully saturated rings. The van der Waals surface area contributed by atoms with Gasteiger partial charge in [0.05, 0.1) is 13.2 Å². The van der Waals surface area contributed by atoms with E-state index in [2.05, 4.69) is 5.32 Å². The van der Waals surface area contributed by atoms with E-state index >= 15 is 0 Å². The van der Waals surface area contributed by atoms with Crippen molar-refractivity contribution in [1.82, 2.24) is 15.1 Å². The molecule has 0 spiro atoms. The van der Waals surface area contributed by atoms with Crippen LogP contribution in [-0.2, 0) is 9.53 Å². The lowest BCUT2D eigenvalue weighted by Crippen LogP contribution is -2.56. The lowest BCUT2D eigenvalue weighted by atomic mass is 10.2. The van der Waals surface area contributed by atoms with Crippen LogP contribution in [0.25, 0.3) is 0 Å². The number of nitrogens with one attached hydrogen (secondary N) is 1. The predicted octanol–water partition coefficient (Wildman–Crippen LogP) is -0.178. The number of carboxylic acid groups (broad SMARTS) is 1. The van der Waals surface area contributed by atoms with Crippen LogP contribution >= 0.6 is 0 Å². The van der Waals surface area contributed by atoms with Crippen molar-refractivity contribution in [2.24, 2.45) is 0 Å². The zero-order chi connectivity index (χ0) is 14.4. The molecule has 0 aromatic carbocycles. The van der Waals surface area contributed by atoms with Gasteiger partial charge in [-0.15, -0.1) is 0 Å². The van der Waals surface area contributed by atoms with E-state index in [1.807, 2.05) is 25.9 Å². The van der Waals surface area contributed by atoms with Crippen molar-refractivity contribution < 1.29 is 19.4 Å². The van der Waals surface area contributed by atoms with Crippen molar-refractivity contribution in [3.05, 3.63) is 0 Å². The SMILES string of the molecule is CC(CCN(C)C)NC(=O)N1CCOCC1C(=O)O. The Hall–Kier alpha value is -1.34. The van der Waals surface area contributed by atoms with Gasteiger partial charge in [0.1, 0.15) is 0 Å². The number of urea groups is 1. The van der Waals surface area contributed by atoms with Gasteiger partial charge in [0.15, 0.2) is 6.04 Å². The fourth-order valence-corrected chi connectivity index (χ4v) is 1.87. The van der Waals surface area contributed by atoms with Crippen LogP contribution in [0.5, 0.6) is 0 Å². The summed E-state index contributed by atoms with van der Waals surface area (Å²) < 4.78 is 5.10. The molecule has 0 aromatic rings. The number of carbonyl (C=O) groups excluding carboxylic acids is 1. The zero-order valence-corrected chi connectivity index (χ0v) is 11.8. The van der Waals surface area contributed by atoms with E-state index < -0.39 is 12.0 Å². The molecule has 0 saturated carbocycles. The van der Waals surface area contributed by atoms with Gasteiger partial charge in [-0.25, -0.2) is 9.59 Å². The number of rotatable bonds is 5. The molecule has 1 rings (SSSR count). The number of hydrogen-bond acceptors (Lipinski definition) is 4. The largest absolute Gasteiger partial charge is 0.480 e. The summed E-state index contributed by atoms with van der Waals surface area (Å²) in [5.41, 5.74) is 0. The monoisotopic (exact) mass is 273 g/mol. The van der Waals surface area contributed by atoms with E-state index in [1.54, 1.807) is 0 Å². The molecule has 0 aromatic heterocycles. The fraction of sp³-hybridized carbons (Fsp3) is 0.833. The third kappa shape index (κ3) is 5.04. The van der Waals surface area contributed by atoms with Crippen molar-refractivity contribution >= 4 is 12.0 Å². The molecule has 1 aliphatic rings. The number of ether oxygens (including phenoxy) is 1. The highest BCUT2D eigenvalue weighted by molar-refractivity contribution is 5.83. The van der Waals surface area contributed by atoms with Gasteiger partial charge in [0, 0.05) is 12.6 Å². The zero-order valence-electron chi connectivity index (χ0n) is 11.8. The van der Waals surface area contributed by atoms with Gasteiger partial charge in [-0.3, -0.25) is 0 Å². The van der Waals surface area contributed by atoms with E-state index in [0.29, 0.717) is 13.2 Å². The summed E-state index contributed by atoms with van der Waals surface area (Å²) in [4.78, 5) is 26.5. The number of hydrogen-bond donors (Lipinski definition) is 2. The van der Waals surface area contributed by atoms with E-state index in [0.717, 1.165) is 13.0 Å². The van der Waals surface area contributed by atoms with Gasteiger partial charge in [-0.05, 0) is 34.0 Å². The molecule has 19 heavy (non-hydrogen) atoms. The van der Waals surface area contributed by atoms with Crippen LogP contribution in [0.15, 0.2) is 0 Å². The highest BCUT2D eigenvalue weighted by atomic mass is 16.5. The Morgan fingerprint density at radius 2 is 2.21 bits per heavy atom. The van der Waals surface area contributed by atoms with Crippen molar-refractivity contribution in [2.45, 2.75) is 25.4 Å². The van der Waals surface area contributed by atoms with E-state index in [-0.39, 0.29) is 18.7 Å². The molecule has 7 heteroatoms. The molecule has 0 aliphatic carbocycles. The molecule has 1 aliphatic heterocycles. The first-order chi connectivity index (χ1) is 8.91. The van der Waals surface area contributed by atoms with E-state index in [9.17, 15) is 9.59 Å². The number of aliphatic carboxylic acids is 1. The second-order valence-corrected chi connectivity index (χ2v) is 5.06. The topological polar surface area (TPSA) is 82.1 Å². The van der Waals surface area contributed by atoms with Crippen molar-refractivity contribution in [2.75, 3.05) is 40.4 Å². The quantitative estimate of drug-likeness (QED) is 0.726. The summed E-state index contributed by atoms with van der Waals surface area (Å²) in [6.07, 6.45) is 0.820. The second kappa shape index (κ2) is 7.30. The molecule has 0 bridgehead atoms. The predicted molar refractivity (Wildman–Crippen MR) is 70.1 cm³/mol. The summed E-state index contributed by atoms with van der Waals surface area (Å²) in [5, 5.41) is 11.9. The van der Waals surface area contributed by atoms with Gasteiger partial charge >= 0.3 is 12.0 Å². The smallest absolute Gasteiger partial charge is 0.328 e. The maximum Gasteiger partial charge on any atom is 0.328 e. The minimum Gasteiger partial charge on any atom is -0.480 e. The van der Waals surface area contributed by atoms with Crippen LogP contribution in [0.2, 0.25) is 0 Å². The minimum atomic E-state index is -1.03. The standard InChI is InChI=1S/C12H23N3O4/c1-9(4-5-14(2)3)13-12(18)15-6-7-19-8-10(15)11(16)17/h9-10H,4-8H2,1-3H3,(H,13,18)(H,16,17). The molecule has 0 radical (unpaired) electrons. The Morgan fingerprint density at radius 3 is 2.79 bits per heavy atom. The van der Waals surface area contributed by atoms with Gasteiger partial charge in [-0.2, -0.15) is 0 Å². The third-order valence-corrected chi connectivity index (χ3v) is 3.05. The van der Waals surface area contributed by atoms with E-state index in [4.69, 9.17) is 9.84 Å². The highest BCUT2D eigenvalue weighted by Gasteiger charge is 2.33. The second-order valence-electron chi connectivity index (χ2n) is 5.06. The first kappa shape index (κ1) is 15.7. The first-order valence-corrected chi connectivity index (χ1v) is 6.44. The average Bonchev–Trinajstić information content (AvgIpc) is 2.36. The van der Waals surface area contributed by atoms with Gasteiger partial charge < -0.3 is 25.0 Å². The molecule has 7 nitrogen and oxygen atoms in total. The molecule has 2 N–H and O–H groups in total. The number of morpholine rings is 1. The molecule has 1 heterocycles. The average molecular weight is 273 g/mol. The Balaban J connectivity index is 2.48.